The van der Waals surface area contributed by atoms with Crippen molar-refractivity contribution in [2.75, 3.05) is 25.0 Å². The number of para-hydroxylation sites is 1. The van der Waals surface area contributed by atoms with Crippen LogP contribution in [0.15, 0.2) is 24.3 Å². The number of benzene rings is 1. The Balaban J connectivity index is 1.91. The van der Waals surface area contributed by atoms with Gasteiger partial charge in [-0.25, -0.2) is 0 Å². The third-order valence-corrected chi connectivity index (χ3v) is 3.98. The first-order valence-corrected chi connectivity index (χ1v) is 7.57. The number of amides is 1. The fraction of sp³-hybridized carbons (Fsp3) is 0.533. The van der Waals surface area contributed by atoms with Crippen molar-refractivity contribution < 1.29 is 4.79 Å². The first-order chi connectivity index (χ1) is 9.70. The number of hydrogen-bond acceptors (Lipinski definition) is 3. The Morgan fingerprint density at radius 3 is 2.65 bits per heavy atom. The molecule has 1 amide bonds. The number of carbonyl (C=O) groups is 1. The van der Waals surface area contributed by atoms with E-state index in [2.05, 4.69) is 5.32 Å². The molecule has 0 aliphatic carbocycles. The summed E-state index contributed by atoms with van der Waals surface area (Å²) in [6.07, 6.45) is 3.86. The van der Waals surface area contributed by atoms with Gasteiger partial charge in [-0.1, -0.05) is 23.7 Å². The van der Waals surface area contributed by atoms with Crippen LogP contribution in [0.5, 0.6) is 0 Å². The average molecular weight is 296 g/mol. The highest BCUT2D eigenvalue weighted by atomic mass is 35.5. The van der Waals surface area contributed by atoms with Gasteiger partial charge in [0.2, 0.25) is 5.91 Å². The number of nitrogens with two attached hydrogens (primary N) is 1. The molecule has 4 nitrogen and oxygen atoms in total. The first kappa shape index (κ1) is 15.1. The Hall–Kier alpha value is -1.26. The summed E-state index contributed by atoms with van der Waals surface area (Å²) in [5.74, 6) is 0.180. The normalized spacial score (nSPS) is 16.8. The number of piperidine rings is 1. The second kappa shape index (κ2) is 7.50. The maximum Gasteiger partial charge on any atom is 0.224 e. The van der Waals surface area contributed by atoms with Crippen LogP contribution < -0.4 is 11.1 Å². The van der Waals surface area contributed by atoms with Gasteiger partial charge in [0.25, 0.3) is 0 Å². The van der Waals surface area contributed by atoms with Gasteiger partial charge in [0.05, 0.1) is 10.7 Å². The summed E-state index contributed by atoms with van der Waals surface area (Å²) >= 11 is 6.11. The van der Waals surface area contributed by atoms with Crippen LogP contribution in [-0.2, 0) is 4.79 Å². The fourth-order valence-corrected chi connectivity index (χ4v) is 2.66. The largest absolute Gasteiger partial charge is 0.379 e. The van der Waals surface area contributed by atoms with Crippen LogP contribution >= 0.6 is 11.6 Å². The molecular weight excluding hydrogens is 274 g/mol. The third-order valence-electron chi connectivity index (χ3n) is 3.65. The molecule has 1 atom stereocenters. The Morgan fingerprint density at radius 2 is 2.00 bits per heavy atom. The quantitative estimate of drug-likeness (QED) is 0.877. The summed E-state index contributed by atoms with van der Waals surface area (Å²) in [5, 5.41) is 3.91. The first-order valence-electron chi connectivity index (χ1n) is 7.19. The molecule has 0 radical (unpaired) electrons. The molecule has 1 unspecified atom stereocenters. The lowest BCUT2D eigenvalue weighted by molar-refractivity contribution is -0.132. The molecule has 0 spiro atoms. The molecule has 3 N–H and O–H groups in total. The standard InChI is InChI=1S/C15H22ClN3O/c16-13-6-2-3-7-14(13)18-12(11-17)10-15(20)19-8-4-1-5-9-19/h2-3,6-7,12,18H,1,4-5,8-11,17H2. The number of nitrogens with zero attached hydrogens (tertiary/aromatic N) is 1. The van der Waals surface area contributed by atoms with E-state index in [0.717, 1.165) is 31.6 Å². The van der Waals surface area contributed by atoms with Crippen molar-refractivity contribution in [2.45, 2.75) is 31.7 Å². The molecule has 1 aliphatic rings. The van der Waals surface area contributed by atoms with Crippen LogP contribution in [0, 0.1) is 0 Å². The highest BCUT2D eigenvalue weighted by molar-refractivity contribution is 6.33. The summed E-state index contributed by atoms with van der Waals surface area (Å²) in [7, 11) is 0. The summed E-state index contributed by atoms with van der Waals surface area (Å²) in [5.41, 5.74) is 6.60. The molecule has 2 rings (SSSR count). The van der Waals surface area contributed by atoms with E-state index >= 15 is 0 Å². The number of hydrogen-bond donors (Lipinski definition) is 2. The van der Waals surface area contributed by atoms with Gasteiger partial charge >= 0.3 is 0 Å². The van der Waals surface area contributed by atoms with Crippen LogP contribution in [0.25, 0.3) is 0 Å². The van der Waals surface area contributed by atoms with E-state index in [-0.39, 0.29) is 11.9 Å². The van der Waals surface area contributed by atoms with Gasteiger partial charge in [-0.15, -0.1) is 0 Å². The highest BCUT2D eigenvalue weighted by Gasteiger charge is 2.20. The van der Waals surface area contributed by atoms with Crippen molar-refractivity contribution in [3.63, 3.8) is 0 Å². The molecule has 0 bridgehead atoms. The topological polar surface area (TPSA) is 58.4 Å². The highest BCUT2D eigenvalue weighted by Crippen LogP contribution is 2.22. The van der Waals surface area contributed by atoms with E-state index in [9.17, 15) is 4.79 Å². The maximum atomic E-state index is 12.2. The van der Waals surface area contributed by atoms with Crippen molar-refractivity contribution in [1.82, 2.24) is 4.90 Å². The van der Waals surface area contributed by atoms with E-state index < -0.39 is 0 Å². The Morgan fingerprint density at radius 1 is 1.30 bits per heavy atom. The lowest BCUT2D eigenvalue weighted by Crippen LogP contribution is -2.40. The molecule has 0 aromatic heterocycles. The lowest BCUT2D eigenvalue weighted by Gasteiger charge is -2.28. The third kappa shape index (κ3) is 4.12. The van der Waals surface area contributed by atoms with Crippen molar-refractivity contribution in [2.24, 2.45) is 5.73 Å². The molecule has 1 aromatic rings. The number of halogens is 1. The zero-order valence-electron chi connectivity index (χ0n) is 11.6. The number of carbonyl (C=O) groups excluding carboxylic acids is 1. The van der Waals surface area contributed by atoms with Crippen LogP contribution in [-0.4, -0.2) is 36.5 Å². The minimum atomic E-state index is -0.0793. The molecule has 5 heteroatoms. The Labute approximate surface area is 125 Å². The molecular formula is C15H22ClN3O. The van der Waals surface area contributed by atoms with E-state index in [1.54, 1.807) is 0 Å². The zero-order chi connectivity index (χ0) is 14.4. The fourth-order valence-electron chi connectivity index (χ4n) is 2.47. The predicted octanol–water partition coefficient (Wildman–Crippen LogP) is 2.48. The Bertz CT molecular complexity index is 446. The maximum absolute atomic E-state index is 12.2. The minimum Gasteiger partial charge on any atom is -0.379 e. The van der Waals surface area contributed by atoms with E-state index in [4.69, 9.17) is 17.3 Å². The molecule has 1 fully saturated rings. The smallest absolute Gasteiger partial charge is 0.224 e. The van der Waals surface area contributed by atoms with Gasteiger partial charge in [-0.2, -0.15) is 0 Å². The summed E-state index contributed by atoms with van der Waals surface area (Å²) < 4.78 is 0. The monoisotopic (exact) mass is 295 g/mol. The molecule has 20 heavy (non-hydrogen) atoms. The van der Waals surface area contributed by atoms with Crippen LogP contribution in [0.4, 0.5) is 5.69 Å². The van der Waals surface area contributed by atoms with Gasteiger partial charge in [0.1, 0.15) is 0 Å². The molecule has 0 saturated carbocycles. The number of likely N-dealkylation sites (tertiary alicyclic amines) is 1. The predicted molar refractivity (Wildman–Crippen MR) is 83.0 cm³/mol. The van der Waals surface area contributed by atoms with E-state index in [1.807, 2.05) is 29.2 Å². The second-order valence-corrected chi connectivity index (χ2v) is 5.61. The second-order valence-electron chi connectivity index (χ2n) is 5.20. The zero-order valence-corrected chi connectivity index (χ0v) is 12.4. The molecule has 1 saturated heterocycles. The number of anilines is 1. The van der Waals surface area contributed by atoms with Crippen molar-refractivity contribution in [1.29, 1.82) is 0 Å². The number of rotatable bonds is 5. The SMILES string of the molecule is NCC(CC(=O)N1CCCCC1)Nc1ccccc1Cl. The molecule has 1 aromatic carbocycles. The van der Waals surface area contributed by atoms with Gasteiger partial charge < -0.3 is 16.0 Å². The van der Waals surface area contributed by atoms with Crippen LogP contribution in [0.3, 0.4) is 0 Å². The van der Waals surface area contributed by atoms with Gasteiger partial charge in [0, 0.05) is 32.1 Å². The van der Waals surface area contributed by atoms with Gasteiger partial charge in [-0.3, -0.25) is 4.79 Å². The summed E-state index contributed by atoms with van der Waals surface area (Å²) in [6.45, 7) is 2.16. The van der Waals surface area contributed by atoms with Gasteiger partial charge in [0.15, 0.2) is 0 Å². The lowest BCUT2D eigenvalue weighted by atomic mass is 10.1. The van der Waals surface area contributed by atoms with Crippen LogP contribution in [0.2, 0.25) is 5.02 Å². The van der Waals surface area contributed by atoms with E-state index in [0.29, 0.717) is 18.0 Å². The minimum absolute atomic E-state index is 0.0793. The summed E-state index contributed by atoms with van der Waals surface area (Å²) in [4.78, 5) is 14.2. The molecule has 110 valence electrons. The van der Waals surface area contributed by atoms with Crippen molar-refractivity contribution in [3.8, 4) is 0 Å². The van der Waals surface area contributed by atoms with Gasteiger partial charge in [-0.05, 0) is 31.4 Å². The summed E-state index contributed by atoms with van der Waals surface area (Å²) in [6, 6.07) is 7.43. The molecule has 1 heterocycles. The van der Waals surface area contributed by atoms with E-state index in [1.165, 1.54) is 6.42 Å². The van der Waals surface area contributed by atoms with Crippen molar-refractivity contribution >= 4 is 23.2 Å². The molecule has 1 aliphatic heterocycles. The van der Waals surface area contributed by atoms with Crippen LogP contribution in [0.1, 0.15) is 25.7 Å². The Kier molecular flexibility index (Phi) is 5.68. The number of nitrogens with one attached hydrogen (secondary N) is 1. The van der Waals surface area contributed by atoms with Crippen molar-refractivity contribution in [3.05, 3.63) is 29.3 Å². The average Bonchev–Trinajstić information content (AvgIpc) is 2.49.